The van der Waals surface area contributed by atoms with Gasteiger partial charge in [-0.2, -0.15) is 0 Å². The van der Waals surface area contributed by atoms with E-state index in [0.29, 0.717) is 6.04 Å². The molecule has 0 saturated carbocycles. The maximum absolute atomic E-state index is 12.9. The number of fused-ring (bicyclic) bond motifs is 1. The molecule has 3 nitrogen and oxygen atoms in total. The van der Waals surface area contributed by atoms with E-state index in [0.717, 1.165) is 46.7 Å². The molecule has 1 N–H and O–H groups in total. The number of hydrogen-bond donors (Lipinski definition) is 1. The number of amides is 1. The van der Waals surface area contributed by atoms with Crippen molar-refractivity contribution in [3.63, 3.8) is 0 Å². The van der Waals surface area contributed by atoms with E-state index in [4.69, 9.17) is 0 Å². The zero-order chi connectivity index (χ0) is 14.8. The summed E-state index contributed by atoms with van der Waals surface area (Å²) in [7, 11) is 1.97. The summed E-state index contributed by atoms with van der Waals surface area (Å²) < 4.78 is 0.951. The minimum Gasteiger partial charge on any atom is -0.337 e. The quantitative estimate of drug-likeness (QED) is 0.854. The van der Waals surface area contributed by atoms with E-state index in [9.17, 15) is 4.79 Å². The molecule has 2 aromatic carbocycles. The van der Waals surface area contributed by atoms with Crippen LogP contribution in [0.1, 0.15) is 23.2 Å². The maximum atomic E-state index is 12.9. The van der Waals surface area contributed by atoms with Gasteiger partial charge in [-0.3, -0.25) is 4.79 Å². The van der Waals surface area contributed by atoms with Crippen LogP contribution in [0, 0.1) is 0 Å². The van der Waals surface area contributed by atoms with E-state index in [1.165, 1.54) is 0 Å². The summed E-state index contributed by atoms with van der Waals surface area (Å²) in [4.78, 5) is 14.9. The van der Waals surface area contributed by atoms with Crippen LogP contribution in [-0.2, 0) is 0 Å². The first-order valence-corrected chi connectivity index (χ1v) is 8.13. The third-order valence-corrected chi connectivity index (χ3v) is 4.63. The van der Waals surface area contributed by atoms with Gasteiger partial charge in [0.15, 0.2) is 0 Å². The van der Waals surface area contributed by atoms with Gasteiger partial charge in [0.2, 0.25) is 0 Å². The summed E-state index contributed by atoms with van der Waals surface area (Å²) >= 11 is 3.52. The van der Waals surface area contributed by atoms with Gasteiger partial charge in [-0.05, 0) is 42.8 Å². The van der Waals surface area contributed by atoms with Gasteiger partial charge >= 0.3 is 0 Å². The zero-order valence-corrected chi connectivity index (χ0v) is 14.9. The smallest absolute Gasteiger partial charge is 0.254 e. The molecular weight excluding hydrogens is 364 g/mol. The Balaban J connectivity index is 0.00000176. The normalized spacial score (nSPS) is 18.1. The number of nitrogens with one attached hydrogen (secondary N) is 1. The Kier molecular flexibility index (Phi) is 5.84. The standard InChI is InChI=1S/C17H19BrN2O.ClH/c1-19-14-6-4-8-20(11-14)17(21)16-10-13(18)9-12-5-2-3-7-15(12)16;/h2-3,5,7,9-10,14,19H,4,6,8,11H2,1H3;1H. The second-order valence-electron chi connectivity index (χ2n) is 5.55. The highest BCUT2D eigenvalue weighted by molar-refractivity contribution is 9.10. The number of hydrogen-bond acceptors (Lipinski definition) is 2. The summed E-state index contributed by atoms with van der Waals surface area (Å²) in [6, 6.07) is 12.5. The van der Waals surface area contributed by atoms with Crippen molar-refractivity contribution >= 4 is 45.0 Å². The zero-order valence-electron chi connectivity index (χ0n) is 12.5. The molecule has 1 atom stereocenters. The highest BCUT2D eigenvalue weighted by atomic mass is 79.9. The second-order valence-corrected chi connectivity index (χ2v) is 6.47. The summed E-state index contributed by atoms with van der Waals surface area (Å²) in [6.45, 7) is 1.63. The minimum absolute atomic E-state index is 0. The Morgan fingerprint density at radius 2 is 2.09 bits per heavy atom. The molecule has 118 valence electrons. The van der Waals surface area contributed by atoms with E-state index in [2.05, 4.69) is 27.3 Å². The molecule has 0 bridgehead atoms. The largest absolute Gasteiger partial charge is 0.337 e. The lowest BCUT2D eigenvalue weighted by atomic mass is 10.0. The van der Waals surface area contributed by atoms with Crippen LogP contribution >= 0.6 is 28.3 Å². The van der Waals surface area contributed by atoms with Gasteiger partial charge in [-0.25, -0.2) is 0 Å². The minimum atomic E-state index is 0. The number of nitrogens with zero attached hydrogens (tertiary/aromatic N) is 1. The number of likely N-dealkylation sites (N-methyl/N-ethyl adjacent to an activating group) is 1. The van der Waals surface area contributed by atoms with Gasteiger partial charge in [0.1, 0.15) is 0 Å². The maximum Gasteiger partial charge on any atom is 0.254 e. The first-order chi connectivity index (χ1) is 10.2. The Bertz CT molecular complexity index is 677. The van der Waals surface area contributed by atoms with Crippen LogP contribution in [0.25, 0.3) is 10.8 Å². The molecular formula is C17H20BrClN2O. The van der Waals surface area contributed by atoms with E-state index < -0.39 is 0 Å². The summed E-state index contributed by atoms with van der Waals surface area (Å²) in [6.07, 6.45) is 2.20. The Morgan fingerprint density at radius 1 is 1.32 bits per heavy atom. The van der Waals surface area contributed by atoms with Crippen LogP contribution < -0.4 is 5.32 Å². The highest BCUT2D eigenvalue weighted by Gasteiger charge is 2.24. The Hall–Kier alpha value is -1.10. The molecule has 1 unspecified atom stereocenters. The Morgan fingerprint density at radius 3 is 2.86 bits per heavy atom. The van der Waals surface area contributed by atoms with E-state index in [1.54, 1.807) is 0 Å². The molecule has 1 amide bonds. The number of halogens is 2. The fourth-order valence-electron chi connectivity index (χ4n) is 3.02. The highest BCUT2D eigenvalue weighted by Crippen LogP contribution is 2.26. The number of piperidine rings is 1. The van der Waals surface area contributed by atoms with Crippen molar-refractivity contribution in [3.05, 3.63) is 46.4 Å². The number of carbonyl (C=O) groups is 1. The molecule has 1 heterocycles. The average molecular weight is 384 g/mol. The van der Waals surface area contributed by atoms with Crippen molar-refractivity contribution in [1.29, 1.82) is 0 Å². The molecule has 0 radical (unpaired) electrons. The Labute approximate surface area is 145 Å². The topological polar surface area (TPSA) is 32.3 Å². The van der Waals surface area contributed by atoms with Crippen LogP contribution in [0.4, 0.5) is 0 Å². The third kappa shape index (κ3) is 3.45. The van der Waals surface area contributed by atoms with Crippen LogP contribution in [0.2, 0.25) is 0 Å². The molecule has 1 saturated heterocycles. The van der Waals surface area contributed by atoms with Crippen molar-refractivity contribution in [2.45, 2.75) is 18.9 Å². The lowest BCUT2D eigenvalue weighted by Crippen LogP contribution is -2.47. The molecule has 1 aliphatic rings. The number of likely N-dealkylation sites (tertiary alicyclic amines) is 1. The van der Waals surface area contributed by atoms with Crippen molar-refractivity contribution < 1.29 is 4.79 Å². The predicted molar refractivity (Wildman–Crippen MR) is 96.9 cm³/mol. The van der Waals surface area contributed by atoms with Crippen LogP contribution in [0.5, 0.6) is 0 Å². The van der Waals surface area contributed by atoms with Crippen LogP contribution in [0.15, 0.2) is 40.9 Å². The molecule has 2 aromatic rings. The van der Waals surface area contributed by atoms with Crippen LogP contribution in [-0.4, -0.2) is 37.0 Å². The molecule has 5 heteroatoms. The molecule has 0 spiro atoms. The van der Waals surface area contributed by atoms with Crippen molar-refractivity contribution in [2.75, 3.05) is 20.1 Å². The summed E-state index contributed by atoms with van der Waals surface area (Å²) in [5.41, 5.74) is 0.789. The summed E-state index contributed by atoms with van der Waals surface area (Å²) in [5.74, 6) is 0.132. The molecule has 3 rings (SSSR count). The van der Waals surface area contributed by atoms with Crippen LogP contribution in [0.3, 0.4) is 0 Å². The van der Waals surface area contributed by atoms with Gasteiger partial charge in [0, 0.05) is 29.2 Å². The van der Waals surface area contributed by atoms with Crippen molar-refractivity contribution in [3.8, 4) is 0 Å². The fourth-order valence-corrected chi connectivity index (χ4v) is 3.49. The molecule has 1 fully saturated rings. The fraction of sp³-hybridized carbons (Fsp3) is 0.353. The molecule has 0 aliphatic carbocycles. The molecule has 0 aromatic heterocycles. The van der Waals surface area contributed by atoms with E-state index >= 15 is 0 Å². The number of rotatable bonds is 2. The summed E-state index contributed by atoms with van der Waals surface area (Å²) in [5, 5.41) is 5.41. The SMILES string of the molecule is CNC1CCCN(C(=O)c2cc(Br)cc3ccccc23)C1.Cl. The first-order valence-electron chi connectivity index (χ1n) is 7.34. The van der Waals surface area contributed by atoms with Gasteiger partial charge in [-0.15, -0.1) is 12.4 Å². The average Bonchev–Trinajstić information content (AvgIpc) is 2.53. The molecule has 1 aliphatic heterocycles. The van der Waals surface area contributed by atoms with Gasteiger partial charge in [-0.1, -0.05) is 40.2 Å². The lowest BCUT2D eigenvalue weighted by Gasteiger charge is -2.33. The van der Waals surface area contributed by atoms with Gasteiger partial charge in [0.25, 0.3) is 5.91 Å². The first kappa shape index (κ1) is 17.3. The second kappa shape index (κ2) is 7.44. The third-order valence-electron chi connectivity index (χ3n) is 4.17. The monoisotopic (exact) mass is 382 g/mol. The molecule has 22 heavy (non-hydrogen) atoms. The van der Waals surface area contributed by atoms with Crippen molar-refractivity contribution in [1.82, 2.24) is 10.2 Å². The van der Waals surface area contributed by atoms with Gasteiger partial charge in [0.05, 0.1) is 0 Å². The van der Waals surface area contributed by atoms with Crippen molar-refractivity contribution in [2.24, 2.45) is 0 Å². The predicted octanol–water partition coefficient (Wildman–Crippen LogP) is 3.85. The van der Waals surface area contributed by atoms with E-state index in [-0.39, 0.29) is 18.3 Å². The van der Waals surface area contributed by atoms with E-state index in [1.807, 2.05) is 42.3 Å². The van der Waals surface area contributed by atoms with Gasteiger partial charge < -0.3 is 10.2 Å². The number of benzene rings is 2. The number of carbonyl (C=O) groups excluding carboxylic acids is 1. The lowest BCUT2D eigenvalue weighted by molar-refractivity contribution is 0.0700.